The van der Waals surface area contributed by atoms with Crippen molar-refractivity contribution in [3.63, 3.8) is 0 Å². The molecule has 26 heavy (non-hydrogen) atoms. The monoisotopic (exact) mass is 372 g/mol. The van der Waals surface area contributed by atoms with E-state index in [9.17, 15) is 9.59 Å². The van der Waals surface area contributed by atoms with Crippen LogP contribution in [0.25, 0.3) is 0 Å². The van der Waals surface area contributed by atoms with Crippen molar-refractivity contribution in [3.05, 3.63) is 65.2 Å². The van der Waals surface area contributed by atoms with Crippen LogP contribution in [0.5, 0.6) is 0 Å². The van der Waals surface area contributed by atoms with Crippen molar-refractivity contribution in [2.24, 2.45) is 0 Å². The van der Waals surface area contributed by atoms with E-state index >= 15 is 0 Å². The maximum atomic E-state index is 12.6. The summed E-state index contributed by atoms with van der Waals surface area (Å²) in [6.07, 6.45) is 1.05. The quantitative estimate of drug-likeness (QED) is 0.697. The zero-order chi connectivity index (χ0) is 18.9. The Labute approximate surface area is 160 Å². The zero-order valence-corrected chi connectivity index (χ0v) is 16.1. The first-order valence-corrected chi connectivity index (χ1v) is 9.24. The molecule has 0 spiro atoms. The fraction of sp³-hybridized carbons (Fsp3) is 0.333. The minimum absolute atomic E-state index is 0.0190. The first-order chi connectivity index (χ1) is 12.5. The van der Waals surface area contributed by atoms with Crippen LogP contribution in [-0.4, -0.2) is 36.3 Å². The van der Waals surface area contributed by atoms with Crippen molar-refractivity contribution in [2.45, 2.75) is 26.7 Å². The van der Waals surface area contributed by atoms with E-state index in [2.05, 4.69) is 0 Å². The summed E-state index contributed by atoms with van der Waals surface area (Å²) in [5, 5.41) is 0.698. The van der Waals surface area contributed by atoms with Gasteiger partial charge in [0.1, 0.15) is 0 Å². The molecule has 0 radical (unpaired) electrons. The van der Waals surface area contributed by atoms with Gasteiger partial charge in [0, 0.05) is 43.7 Å². The van der Waals surface area contributed by atoms with Crippen molar-refractivity contribution in [2.75, 3.05) is 24.5 Å². The molecular formula is C21H25ClN2O2. The normalized spacial score (nSPS) is 10.4. The molecule has 0 N–H and O–H groups in total. The third-order valence-corrected chi connectivity index (χ3v) is 4.56. The van der Waals surface area contributed by atoms with Crippen LogP contribution in [0.1, 0.15) is 25.8 Å². The van der Waals surface area contributed by atoms with E-state index in [4.69, 9.17) is 11.6 Å². The van der Waals surface area contributed by atoms with Gasteiger partial charge in [-0.25, -0.2) is 0 Å². The van der Waals surface area contributed by atoms with Crippen LogP contribution in [-0.2, 0) is 16.0 Å². The number of hydrogen-bond donors (Lipinski definition) is 0. The summed E-state index contributed by atoms with van der Waals surface area (Å²) in [6.45, 7) is 5.11. The number of carbonyl (C=O) groups is 2. The van der Waals surface area contributed by atoms with Gasteiger partial charge >= 0.3 is 0 Å². The van der Waals surface area contributed by atoms with Crippen LogP contribution in [0, 0.1) is 0 Å². The standard InChI is InChI=1S/C21H25ClN2O2/c1-3-24(20-7-5-4-6-8-20)21(26)14-16-23(17(2)25)15-13-18-9-11-19(22)12-10-18/h4-12H,3,13-16H2,1-2H3. The van der Waals surface area contributed by atoms with Crippen molar-refractivity contribution in [1.29, 1.82) is 0 Å². The summed E-state index contributed by atoms with van der Waals surface area (Å²) < 4.78 is 0. The van der Waals surface area contributed by atoms with Crippen molar-refractivity contribution in [1.82, 2.24) is 4.90 Å². The number of hydrogen-bond acceptors (Lipinski definition) is 2. The maximum Gasteiger partial charge on any atom is 0.228 e. The molecule has 0 aliphatic heterocycles. The molecule has 0 aliphatic rings. The molecule has 4 nitrogen and oxygen atoms in total. The second-order valence-corrected chi connectivity index (χ2v) is 6.54. The summed E-state index contributed by atoms with van der Waals surface area (Å²) in [5.41, 5.74) is 2.00. The molecule has 0 fully saturated rings. The third kappa shape index (κ3) is 5.88. The van der Waals surface area contributed by atoms with Crippen molar-refractivity contribution < 1.29 is 9.59 Å². The number of nitrogens with zero attached hydrogens (tertiary/aromatic N) is 2. The SMILES string of the molecule is CCN(C(=O)CCN(CCc1ccc(Cl)cc1)C(C)=O)c1ccccc1. The Hall–Kier alpha value is -2.33. The van der Waals surface area contributed by atoms with Gasteiger partial charge in [-0.1, -0.05) is 41.9 Å². The van der Waals surface area contributed by atoms with Crippen LogP contribution in [0.2, 0.25) is 5.02 Å². The lowest BCUT2D eigenvalue weighted by Gasteiger charge is -2.24. The van der Waals surface area contributed by atoms with Crippen molar-refractivity contribution in [3.8, 4) is 0 Å². The minimum atomic E-state index is -0.0190. The molecule has 138 valence electrons. The summed E-state index contributed by atoms with van der Waals surface area (Å²) >= 11 is 5.90. The first kappa shape index (κ1) is 20.0. The molecule has 0 saturated heterocycles. The predicted octanol–water partition coefficient (Wildman–Crippen LogP) is 4.17. The molecule has 5 heteroatoms. The molecule has 0 unspecified atom stereocenters. The number of halogens is 1. The number of rotatable bonds is 8. The van der Waals surface area contributed by atoms with Gasteiger partial charge in [0.05, 0.1) is 0 Å². The predicted molar refractivity (Wildman–Crippen MR) is 106 cm³/mol. The molecule has 2 aromatic rings. The molecule has 2 amide bonds. The molecular weight excluding hydrogens is 348 g/mol. The Morgan fingerprint density at radius 2 is 1.62 bits per heavy atom. The second kappa shape index (κ2) is 9.97. The van der Waals surface area contributed by atoms with Crippen LogP contribution < -0.4 is 4.90 Å². The van der Waals surface area contributed by atoms with E-state index in [1.54, 1.807) is 16.7 Å². The smallest absolute Gasteiger partial charge is 0.228 e. The Morgan fingerprint density at radius 3 is 2.19 bits per heavy atom. The number of benzene rings is 2. The highest BCUT2D eigenvalue weighted by Gasteiger charge is 2.16. The molecule has 0 aromatic heterocycles. The topological polar surface area (TPSA) is 40.6 Å². The second-order valence-electron chi connectivity index (χ2n) is 6.11. The number of carbonyl (C=O) groups excluding carboxylic acids is 2. The lowest BCUT2D eigenvalue weighted by molar-refractivity contribution is -0.129. The van der Waals surface area contributed by atoms with Crippen LogP contribution >= 0.6 is 11.6 Å². The zero-order valence-electron chi connectivity index (χ0n) is 15.3. The molecule has 2 aromatic carbocycles. The molecule has 0 bridgehead atoms. The van der Waals surface area contributed by atoms with E-state index in [0.29, 0.717) is 31.1 Å². The van der Waals surface area contributed by atoms with E-state index in [1.165, 1.54) is 0 Å². The van der Waals surface area contributed by atoms with E-state index in [-0.39, 0.29) is 11.8 Å². The number of anilines is 1. The Bertz CT molecular complexity index is 717. The summed E-state index contributed by atoms with van der Waals surface area (Å²) in [5.74, 6) is 0.00552. The van der Waals surface area contributed by atoms with Gasteiger partial charge in [-0.2, -0.15) is 0 Å². The Balaban J connectivity index is 1.91. The van der Waals surface area contributed by atoms with E-state index in [1.807, 2.05) is 61.5 Å². The Morgan fingerprint density at radius 1 is 0.962 bits per heavy atom. The van der Waals surface area contributed by atoms with Crippen LogP contribution in [0.3, 0.4) is 0 Å². The molecule has 2 rings (SSSR count). The first-order valence-electron chi connectivity index (χ1n) is 8.86. The number of amides is 2. The van der Waals surface area contributed by atoms with E-state index < -0.39 is 0 Å². The van der Waals surface area contributed by atoms with Gasteiger partial charge in [0.25, 0.3) is 0 Å². The molecule has 0 atom stereocenters. The summed E-state index contributed by atoms with van der Waals surface area (Å²) in [4.78, 5) is 28.0. The molecule has 0 heterocycles. The maximum absolute atomic E-state index is 12.6. The fourth-order valence-corrected chi connectivity index (χ4v) is 2.94. The van der Waals surface area contributed by atoms with Gasteiger partial charge in [-0.15, -0.1) is 0 Å². The van der Waals surface area contributed by atoms with Crippen LogP contribution in [0.15, 0.2) is 54.6 Å². The largest absolute Gasteiger partial charge is 0.342 e. The lowest BCUT2D eigenvalue weighted by Crippen LogP contribution is -2.37. The highest BCUT2D eigenvalue weighted by Crippen LogP contribution is 2.15. The highest BCUT2D eigenvalue weighted by atomic mass is 35.5. The van der Waals surface area contributed by atoms with Gasteiger partial charge in [-0.3, -0.25) is 9.59 Å². The summed E-state index contributed by atoms with van der Waals surface area (Å²) in [6, 6.07) is 17.2. The van der Waals surface area contributed by atoms with Crippen molar-refractivity contribution >= 4 is 29.1 Å². The van der Waals surface area contributed by atoms with Gasteiger partial charge in [0.2, 0.25) is 11.8 Å². The highest BCUT2D eigenvalue weighted by molar-refractivity contribution is 6.30. The van der Waals surface area contributed by atoms with E-state index in [0.717, 1.165) is 17.7 Å². The minimum Gasteiger partial charge on any atom is -0.342 e. The number of para-hydroxylation sites is 1. The van der Waals surface area contributed by atoms with Crippen LogP contribution in [0.4, 0.5) is 5.69 Å². The molecule has 0 saturated carbocycles. The third-order valence-electron chi connectivity index (χ3n) is 4.31. The molecule has 0 aliphatic carbocycles. The lowest BCUT2D eigenvalue weighted by atomic mass is 10.1. The average molecular weight is 373 g/mol. The Kier molecular flexibility index (Phi) is 7.67. The van der Waals surface area contributed by atoms with Gasteiger partial charge in [0.15, 0.2) is 0 Å². The van der Waals surface area contributed by atoms with Gasteiger partial charge in [-0.05, 0) is 43.2 Å². The average Bonchev–Trinajstić information content (AvgIpc) is 2.64. The fourth-order valence-electron chi connectivity index (χ4n) is 2.82. The summed E-state index contributed by atoms with van der Waals surface area (Å²) in [7, 11) is 0. The van der Waals surface area contributed by atoms with Gasteiger partial charge < -0.3 is 9.80 Å².